The zero-order chi connectivity index (χ0) is 37.5. The highest BCUT2D eigenvalue weighted by Gasteiger charge is 2.41. The third-order valence-corrected chi connectivity index (χ3v) is 12.2. The fourth-order valence-electron chi connectivity index (χ4n) is 9.63. The van der Waals surface area contributed by atoms with E-state index >= 15 is 0 Å². The van der Waals surface area contributed by atoms with Crippen LogP contribution in [0.15, 0.2) is 170 Å². The molecule has 0 fully saturated rings. The number of aryl methyl sites for hydroxylation is 2. The van der Waals surface area contributed by atoms with E-state index in [2.05, 4.69) is 212 Å². The first-order chi connectivity index (χ1) is 27.6. The third-order valence-electron chi connectivity index (χ3n) is 11.8. The number of hydrogen-bond donors (Lipinski definition) is 0. The summed E-state index contributed by atoms with van der Waals surface area (Å²) in [7, 11) is 3.09. The van der Waals surface area contributed by atoms with Gasteiger partial charge in [-0.3, -0.25) is 0 Å². The molecule has 0 radical (unpaired) electrons. The largest absolute Gasteiger partial charge is 0.314 e. The van der Waals surface area contributed by atoms with Crippen LogP contribution in [-0.4, -0.2) is 15.8 Å². The molecule has 1 unspecified atom stereocenters. The van der Waals surface area contributed by atoms with E-state index in [-0.39, 0.29) is 6.71 Å². The van der Waals surface area contributed by atoms with Crippen LogP contribution >= 0.6 is 9.24 Å². The molecule has 0 spiro atoms. The summed E-state index contributed by atoms with van der Waals surface area (Å²) in [5, 5.41) is 2.53. The van der Waals surface area contributed by atoms with Crippen molar-refractivity contribution >= 4 is 93.7 Å². The zero-order valence-corrected chi connectivity index (χ0v) is 32.7. The Morgan fingerprint density at radius 2 is 0.946 bits per heavy atom. The molecule has 7 aromatic carbocycles. The molecule has 9 aromatic rings. The molecule has 2 aromatic heterocycles. The normalized spacial score (nSPS) is 12.3. The Hall–Kier alpha value is -6.29. The summed E-state index contributed by atoms with van der Waals surface area (Å²) in [5.74, 6) is 0. The molecule has 11 rings (SSSR count). The van der Waals surface area contributed by atoms with Gasteiger partial charge in [0.05, 0.1) is 22.4 Å². The molecular weight excluding hydrogens is 698 g/mol. The van der Waals surface area contributed by atoms with Gasteiger partial charge in [0.1, 0.15) is 0 Å². The molecule has 6 heteroatoms. The van der Waals surface area contributed by atoms with Crippen LogP contribution in [0.2, 0.25) is 0 Å². The maximum absolute atomic E-state index is 3.09. The van der Waals surface area contributed by atoms with Crippen molar-refractivity contribution in [3.8, 4) is 11.4 Å². The van der Waals surface area contributed by atoms with Gasteiger partial charge in [0, 0.05) is 56.0 Å². The van der Waals surface area contributed by atoms with Gasteiger partial charge in [-0.25, -0.2) is 0 Å². The highest BCUT2D eigenvalue weighted by Crippen LogP contribution is 2.44. The van der Waals surface area contributed by atoms with E-state index in [4.69, 9.17) is 0 Å². The highest BCUT2D eigenvalue weighted by atomic mass is 31.0. The maximum Gasteiger partial charge on any atom is 0.252 e. The number of aromatic nitrogens is 2. The SMILES string of the molecule is CCCc1cc2c(N(c3ccccc3)c3ccccc3)ccc3c2n1-c1cc(C)cc2c1B3c1ccc(N(c3ccccc3)c3ccccc3)c3cc(P)n-2c13. The van der Waals surface area contributed by atoms with Crippen LogP contribution in [0.1, 0.15) is 24.6 Å². The van der Waals surface area contributed by atoms with Gasteiger partial charge >= 0.3 is 0 Å². The first-order valence-electron chi connectivity index (χ1n) is 19.7. The lowest BCUT2D eigenvalue weighted by Crippen LogP contribution is -2.60. The smallest absolute Gasteiger partial charge is 0.252 e. The molecule has 1 atom stereocenters. The summed E-state index contributed by atoms with van der Waals surface area (Å²) < 4.78 is 5.13. The minimum Gasteiger partial charge on any atom is -0.314 e. The average Bonchev–Trinajstić information content (AvgIpc) is 3.80. The van der Waals surface area contributed by atoms with E-state index in [1.165, 1.54) is 72.2 Å². The van der Waals surface area contributed by atoms with Crippen molar-refractivity contribution in [1.82, 2.24) is 9.13 Å². The Balaban J connectivity index is 1.21. The Labute approximate surface area is 330 Å². The molecule has 0 aliphatic carbocycles. The molecule has 56 heavy (non-hydrogen) atoms. The standard InChI is InChI=1S/C50H40BN4P/c1-3-16-38-31-39-43(52(34-17-8-4-9-18-34)35-19-10-5-11-20-35)27-25-41-49(39)54(38)45-29-33(2)30-46-48(45)51(41)42-26-28-44(40-32-47(56)55(46)50(40)42)53(36-21-12-6-13-22-36)37-23-14-7-15-24-37/h4-15,17-32H,3,16,56H2,1-2H3. The van der Waals surface area contributed by atoms with E-state index in [0.717, 1.165) is 41.0 Å². The van der Waals surface area contributed by atoms with Crippen LogP contribution in [0.4, 0.5) is 34.1 Å². The van der Waals surface area contributed by atoms with Crippen molar-refractivity contribution in [3.63, 3.8) is 0 Å². The topological polar surface area (TPSA) is 16.3 Å². The first kappa shape index (κ1) is 33.1. The molecule has 4 heterocycles. The summed E-state index contributed by atoms with van der Waals surface area (Å²) in [6.45, 7) is 4.62. The summed E-state index contributed by atoms with van der Waals surface area (Å²) in [5.41, 5.74) is 20.0. The van der Waals surface area contributed by atoms with E-state index < -0.39 is 0 Å². The lowest BCUT2D eigenvalue weighted by atomic mass is 9.34. The predicted octanol–water partition coefficient (Wildman–Crippen LogP) is 10.4. The number of anilines is 6. The highest BCUT2D eigenvalue weighted by molar-refractivity contribution is 7.27. The Morgan fingerprint density at radius 3 is 1.41 bits per heavy atom. The van der Waals surface area contributed by atoms with Crippen molar-refractivity contribution in [2.45, 2.75) is 26.7 Å². The minimum absolute atomic E-state index is 0.0705. The molecule has 0 saturated heterocycles. The second-order valence-corrected chi connectivity index (χ2v) is 15.8. The van der Waals surface area contributed by atoms with Gasteiger partial charge < -0.3 is 18.9 Å². The van der Waals surface area contributed by atoms with E-state index in [9.17, 15) is 0 Å². The number of benzene rings is 7. The van der Waals surface area contributed by atoms with E-state index in [1.807, 2.05) is 0 Å². The molecule has 0 bridgehead atoms. The number of nitrogens with zero attached hydrogens (tertiary/aromatic N) is 4. The van der Waals surface area contributed by atoms with Crippen molar-refractivity contribution in [1.29, 1.82) is 0 Å². The van der Waals surface area contributed by atoms with Crippen molar-refractivity contribution in [3.05, 3.63) is 181 Å². The predicted molar refractivity (Wildman–Crippen MR) is 242 cm³/mol. The average molecular weight is 739 g/mol. The first-order valence-corrected chi connectivity index (χ1v) is 20.2. The quantitative estimate of drug-likeness (QED) is 0.114. The second-order valence-electron chi connectivity index (χ2n) is 15.2. The van der Waals surface area contributed by atoms with Crippen molar-refractivity contribution in [2.24, 2.45) is 0 Å². The summed E-state index contributed by atoms with van der Waals surface area (Å²) in [6.07, 6.45) is 2.06. The molecule has 4 nitrogen and oxygen atoms in total. The van der Waals surface area contributed by atoms with Crippen molar-refractivity contribution < 1.29 is 0 Å². The van der Waals surface area contributed by atoms with Crippen LogP contribution < -0.4 is 31.6 Å². The lowest BCUT2D eigenvalue weighted by Gasteiger charge is -2.36. The number of hydrogen-bond acceptors (Lipinski definition) is 2. The van der Waals surface area contributed by atoms with E-state index in [1.54, 1.807) is 0 Å². The second kappa shape index (κ2) is 12.9. The monoisotopic (exact) mass is 738 g/mol. The molecule has 0 N–H and O–H groups in total. The van der Waals surface area contributed by atoms with Gasteiger partial charge in [0.15, 0.2) is 0 Å². The van der Waals surface area contributed by atoms with Gasteiger partial charge in [-0.15, -0.1) is 0 Å². The third kappa shape index (κ3) is 4.84. The Bertz CT molecular complexity index is 2880. The molecule has 2 aliphatic rings. The number of para-hydroxylation sites is 4. The van der Waals surface area contributed by atoms with Crippen LogP contribution in [0.5, 0.6) is 0 Å². The van der Waals surface area contributed by atoms with Gasteiger partial charge in [-0.05, 0) is 120 Å². The van der Waals surface area contributed by atoms with Crippen molar-refractivity contribution in [2.75, 3.05) is 9.80 Å². The van der Waals surface area contributed by atoms with Crippen LogP contribution in [-0.2, 0) is 6.42 Å². The van der Waals surface area contributed by atoms with E-state index in [0.29, 0.717) is 0 Å². The lowest BCUT2D eigenvalue weighted by molar-refractivity contribution is 0.854. The van der Waals surface area contributed by atoms with Gasteiger partial charge in [-0.2, -0.15) is 0 Å². The van der Waals surface area contributed by atoms with Gasteiger partial charge in [0.2, 0.25) is 0 Å². The minimum atomic E-state index is 0.0705. The summed E-state index contributed by atoms with van der Waals surface area (Å²) in [6, 6.07) is 62.4. The summed E-state index contributed by atoms with van der Waals surface area (Å²) in [4.78, 5) is 4.83. The number of fused-ring (bicyclic) bond motifs is 4. The molecule has 268 valence electrons. The van der Waals surface area contributed by atoms with Gasteiger partial charge in [0.25, 0.3) is 6.71 Å². The Morgan fingerprint density at radius 1 is 0.518 bits per heavy atom. The zero-order valence-electron chi connectivity index (χ0n) is 31.5. The number of rotatable bonds is 8. The van der Waals surface area contributed by atoms with Crippen LogP contribution in [0.3, 0.4) is 0 Å². The molecular formula is C50H40BN4P. The Kier molecular flexibility index (Phi) is 7.62. The van der Waals surface area contributed by atoms with Crippen LogP contribution in [0, 0.1) is 6.92 Å². The fourth-order valence-corrected chi connectivity index (χ4v) is 10.1. The molecule has 2 aliphatic heterocycles. The van der Waals surface area contributed by atoms with Crippen LogP contribution in [0.25, 0.3) is 33.2 Å². The molecule has 0 saturated carbocycles. The fraction of sp³-hybridized carbons (Fsp3) is 0.0800. The summed E-state index contributed by atoms with van der Waals surface area (Å²) >= 11 is 0. The van der Waals surface area contributed by atoms with Gasteiger partial charge in [-0.1, -0.05) is 108 Å². The molecule has 0 amide bonds. The maximum atomic E-state index is 3.09.